The van der Waals surface area contributed by atoms with Crippen LogP contribution in [0, 0.1) is 11.3 Å². The van der Waals surface area contributed by atoms with E-state index in [-0.39, 0.29) is 5.54 Å². The molecule has 2 aromatic rings. The molecule has 1 aliphatic carbocycles. The lowest BCUT2D eigenvalue weighted by molar-refractivity contribution is 0.227. The molecule has 1 heterocycles. The molecular formula is C18H26N2S. The van der Waals surface area contributed by atoms with Crippen molar-refractivity contribution in [2.75, 3.05) is 6.54 Å². The van der Waals surface area contributed by atoms with Crippen LogP contribution in [-0.4, -0.2) is 17.1 Å². The van der Waals surface area contributed by atoms with Gasteiger partial charge in [-0.15, -0.1) is 11.3 Å². The SMILES string of the molecule is CC(C)(C)NCC(C)(Cc1nc2ccccc2s1)C1CC1. The van der Waals surface area contributed by atoms with Crippen LogP contribution in [0.15, 0.2) is 24.3 Å². The van der Waals surface area contributed by atoms with Gasteiger partial charge in [-0.05, 0) is 57.1 Å². The van der Waals surface area contributed by atoms with E-state index in [1.165, 1.54) is 22.5 Å². The van der Waals surface area contributed by atoms with Gasteiger partial charge in [0.1, 0.15) is 0 Å². The molecule has 0 saturated heterocycles. The number of hydrogen-bond donors (Lipinski definition) is 1. The highest BCUT2D eigenvalue weighted by Gasteiger charge is 2.42. The highest BCUT2D eigenvalue weighted by Crippen LogP contribution is 2.47. The summed E-state index contributed by atoms with van der Waals surface area (Å²) in [6.07, 6.45) is 3.86. The molecule has 0 bridgehead atoms. The van der Waals surface area contributed by atoms with E-state index in [0.29, 0.717) is 5.41 Å². The first kappa shape index (κ1) is 15.0. The first-order chi connectivity index (χ1) is 9.86. The lowest BCUT2D eigenvalue weighted by Gasteiger charge is -2.33. The van der Waals surface area contributed by atoms with Crippen molar-refractivity contribution >= 4 is 21.6 Å². The second-order valence-electron chi connectivity index (χ2n) is 7.78. The molecule has 3 heteroatoms. The van der Waals surface area contributed by atoms with Crippen LogP contribution in [0.2, 0.25) is 0 Å². The largest absolute Gasteiger partial charge is 0.312 e. The molecule has 0 amide bonds. The van der Waals surface area contributed by atoms with Crippen molar-refractivity contribution < 1.29 is 0 Å². The number of benzene rings is 1. The molecule has 1 saturated carbocycles. The zero-order valence-electron chi connectivity index (χ0n) is 13.6. The predicted molar refractivity (Wildman–Crippen MR) is 91.9 cm³/mol. The van der Waals surface area contributed by atoms with E-state index in [9.17, 15) is 0 Å². The van der Waals surface area contributed by atoms with Gasteiger partial charge >= 0.3 is 0 Å². The second-order valence-corrected chi connectivity index (χ2v) is 8.90. The second kappa shape index (κ2) is 5.36. The molecule has 0 spiro atoms. The maximum absolute atomic E-state index is 4.84. The molecule has 0 aliphatic heterocycles. The topological polar surface area (TPSA) is 24.9 Å². The zero-order valence-corrected chi connectivity index (χ0v) is 14.4. The van der Waals surface area contributed by atoms with E-state index >= 15 is 0 Å². The Morgan fingerprint density at radius 3 is 2.52 bits per heavy atom. The normalized spacial score (nSPS) is 18.9. The fourth-order valence-corrected chi connectivity index (χ4v) is 4.10. The Morgan fingerprint density at radius 2 is 1.90 bits per heavy atom. The monoisotopic (exact) mass is 302 g/mol. The van der Waals surface area contributed by atoms with Crippen LogP contribution >= 0.6 is 11.3 Å². The Bertz CT molecular complexity index is 588. The Hall–Kier alpha value is -0.930. The van der Waals surface area contributed by atoms with E-state index in [2.05, 4.69) is 57.3 Å². The molecule has 21 heavy (non-hydrogen) atoms. The molecule has 2 nitrogen and oxygen atoms in total. The van der Waals surface area contributed by atoms with E-state index in [0.717, 1.165) is 24.4 Å². The maximum atomic E-state index is 4.84. The molecule has 3 rings (SSSR count). The summed E-state index contributed by atoms with van der Waals surface area (Å²) in [5.41, 5.74) is 1.67. The minimum atomic E-state index is 0.184. The Morgan fingerprint density at radius 1 is 1.19 bits per heavy atom. The Balaban J connectivity index is 1.78. The molecule has 1 N–H and O–H groups in total. The van der Waals surface area contributed by atoms with Crippen LogP contribution in [0.3, 0.4) is 0 Å². The Labute approximate surface area is 132 Å². The summed E-state index contributed by atoms with van der Waals surface area (Å²) < 4.78 is 1.31. The van der Waals surface area contributed by atoms with Crippen LogP contribution in [0.1, 0.15) is 45.5 Å². The number of nitrogens with one attached hydrogen (secondary N) is 1. The smallest absolute Gasteiger partial charge is 0.0944 e. The molecule has 0 radical (unpaired) electrons. The molecule has 1 aliphatic rings. The van der Waals surface area contributed by atoms with Crippen LogP contribution in [0.4, 0.5) is 0 Å². The van der Waals surface area contributed by atoms with Crippen molar-refractivity contribution in [1.82, 2.24) is 10.3 Å². The van der Waals surface area contributed by atoms with Gasteiger partial charge in [0.25, 0.3) is 0 Å². The predicted octanol–water partition coefficient (Wildman–Crippen LogP) is 4.64. The van der Waals surface area contributed by atoms with Crippen LogP contribution in [0.25, 0.3) is 10.2 Å². The summed E-state index contributed by atoms with van der Waals surface area (Å²) in [4.78, 5) is 4.84. The number of hydrogen-bond acceptors (Lipinski definition) is 3. The van der Waals surface area contributed by atoms with E-state index in [1.54, 1.807) is 0 Å². The average molecular weight is 302 g/mol. The molecule has 114 valence electrons. The standard InChI is InChI=1S/C18H26N2S/c1-17(2,3)19-12-18(4,13-9-10-13)11-16-20-14-7-5-6-8-15(14)21-16/h5-8,13,19H,9-12H2,1-4H3. The number of para-hydroxylation sites is 1. The maximum Gasteiger partial charge on any atom is 0.0944 e. The third-order valence-electron chi connectivity index (χ3n) is 4.48. The quantitative estimate of drug-likeness (QED) is 0.870. The summed E-state index contributed by atoms with van der Waals surface area (Å²) in [6, 6.07) is 8.48. The summed E-state index contributed by atoms with van der Waals surface area (Å²) in [7, 11) is 0. The lowest BCUT2D eigenvalue weighted by Crippen LogP contribution is -2.44. The van der Waals surface area contributed by atoms with Gasteiger partial charge in [0.05, 0.1) is 15.2 Å². The molecule has 1 unspecified atom stereocenters. The van der Waals surface area contributed by atoms with E-state index in [4.69, 9.17) is 4.98 Å². The fraction of sp³-hybridized carbons (Fsp3) is 0.611. The summed E-state index contributed by atoms with van der Waals surface area (Å²) >= 11 is 1.86. The number of aromatic nitrogens is 1. The molecule has 1 aromatic heterocycles. The van der Waals surface area contributed by atoms with Gasteiger partial charge in [-0.2, -0.15) is 0 Å². The van der Waals surface area contributed by atoms with Crippen LogP contribution in [0.5, 0.6) is 0 Å². The van der Waals surface area contributed by atoms with Gasteiger partial charge in [0.2, 0.25) is 0 Å². The molecule has 1 fully saturated rings. The third kappa shape index (κ3) is 3.64. The van der Waals surface area contributed by atoms with Crippen molar-refractivity contribution in [3.05, 3.63) is 29.3 Å². The van der Waals surface area contributed by atoms with Crippen molar-refractivity contribution in [2.24, 2.45) is 11.3 Å². The van der Waals surface area contributed by atoms with Crippen molar-refractivity contribution in [2.45, 2.75) is 52.5 Å². The van der Waals surface area contributed by atoms with Gasteiger partial charge in [0.15, 0.2) is 0 Å². The molecule has 1 atom stereocenters. The summed E-state index contributed by atoms with van der Waals surface area (Å²) in [5, 5.41) is 5.01. The minimum absolute atomic E-state index is 0.184. The van der Waals surface area contributed by atoms with Gasteiger partial charge < -0.3 is 5.32 Å². The number of rotatable bonds is 5. The lowest BCUT2D eigenvalue weighted by atomic mass is 9.81. The first-order valence-corrected chi connectivity index (χ1v) is 8.77. The molecule has 1 aromatic carbocycles. The van der Waals surface area contributed by atoms with E-state index in [1.807, 2.05) is 11.3 Å². The molecular weight excluding hydrogens is 276 g/mol. The van der Waals surface area contributed by atoms with Gasteiger partial charge in [-0.1, -0.05) is 19.1 Å². The Kier molecular flexibility index (Phi) is 3.83. The van der Waals surface area contributed by atoms with Crippen molar-refractivity contribution in [1.29, 1.82) is 0 Å². The number of nitrogens with zero attached hydrogens (tertiary/aromatic N) is 1. The average Bonchev–Trinajstić information content (AvgIpc) is 3.17. The fourth-order valence-electron chi connectivity index (χ4n) is 2.94. The van der Waals surface area contributed by atoms with Gasteiger partial charge in [-0.25, -0.2) is 4.98 Å². The highest BCUT2D eigenvalue weighted by atomic mass is 32.1. The summed E-state index contributed by atoms with van der Waals surface area (Å²) in [5.74, 6) is 0.861. The highest BCUT2D eigenvalue weighted by molar-refractivity contribution is 7.18. The number of fused-ring (bicyclic) bond motifs is 1. The first-order valence-electron chi connectivity index (χ1n) is 7.95. The zero-order chi connectivity index (χ0) is 15.1. The van der Waals surface area contributed by atoms with Crippen molar-refractivity contribution in [3.8, 4) is 0 Å². The minimum Gasteiger partial charge on any atom is -0.312 e. The number of thiazole rings is 1. The van der Waals surface area contributed by atoms with E-state index < -0.39 is 0 Å². The van der Waals surface area contributed by atoms with Gasteiger partial charge in [-0.3, -0.25) is 0 Å². The van der Waals surface area contributed by atoms with Gasteiger partial charge in [0, 0.05) is 18.5 Å². The van der Waals surface area contributed by atoms with Crippen LogP contribution < -0.4 is 5.32 Å². The van der Waals surface area contributed by atoms with Crippen molar-refractivity contribution in [3.63, 3.8) is 0 Å². The van der Waals surface area contributed by atoms with Crippen LogP contribution in [-0.2, 0) is 6.42 Å². The summed E-state index contributed by atoms with van der Waals surface area (Å²) in [6.45, 7) is 10.3. The third-order valence-corrected chi connectivity index (χ3v) is 5.52.